The maximum Gasteiger partial charge on any atom is 0.258 e. The maximum absolute atomic E-state index is 12.4. The lowest BCUT2D eigenvalue weighted by atomic mass is 10.1. The lowest BCUT2D eigenvalue weighted by Gasteiger charge is -2.18. The van der Waals surface area contributed by atoms with E-state index in [1.54, 1.807) is 18.0 Å². The lowest BCUT2D eigenvalue weighted by Crippen LogP contribution is -2.26. The van der Waals surface area contributed by atoms with Crippen LogP contribution in [0.1, 0.15) is 21.5 Å². The van der Waals surface area contributed by atoms with Crippen LogP contribution in [0.25, 0.3) is 0 Å². The molecule has 0 aliphatic carbocycles. The van der Waals surface area contributed by atoms with Gasteiger partial charge in [-0.2, -0.15) is 0 Å². The molecule has 0 aliphatic rings. The number of anilines is 2. The molecule has 19 heavy (non-hydrogen) atoms. The first-order chi connectivity index (χ1) is 8.97. The minimum Gasteiger partial charge on any atom is -0.399 e. The Morgan fingerprint density at radius 1 is 1.05 bits per heavy atom. The van der Waals surface area contributed by atoms with Crippen LogP contribution in [0.5, 0.6) is 0 Å². The highest BCUT2D eigenvalue weighted by Gasteiger charge is 2.14. The fraction of sp³-hybridized carbons (Fsp3) is 0.188. The molecular weight excluding hydrogens is 236 g/mol. The third-order valence-electron chi connectivity index (χ3n) is 3.04. The first-order valence-corrected chi connectivity index (χ1v) is 6.19. The van der Waals surface area contributed by atoms with E-state index in [1.165, 1.54) is 0 Å². The fourth-order valence-electron chi connectivity index (χ4n) is 2.08. The van der Waals surface area contributed by atoms with Crippen molar-refractivity contribution in [2.45, 2.75) is 13.8 Å². The molecule has 0 fully saturated rings. The molecule has 0 aromatic heterocycles. The van der Waals surface area contributed by atoms with Crippen molar-refractivity contribution in [1.82, 2.24) is 0 Å². The van der Waals surface area contributed by atoms with Crippen LogP contribution in [-0.4, -0.2) is 13.0 Å². The second kappa shape index (κ2) is 5.14. The van der Waals surface area contributed by atoms with E-state index in [4.69, 9.17) is 5.73 Å². The average Bonchev–Trinajstić information content (AvgIpc) is 2.36. The molecule has 0 unspecified atom stereocenters. The molecule has 0 radical (unpaired) electrons. The molecule has 98 valence electrons. The monoisotopic (exact) mass is 254 g/mol. The number of nitrogen functional groups attached to an aromatic ring is 1. The summed E-state index contributed by atoms with van der Waals surface area (Å²) in [5.41, 5.74) is 10.0. The van der Waals surface area contributed by atoms with Crippen LogP contribution in [-0.2, 0) is 0 Å². The predicted molar refractivity (Wildman–Crippen MR) is 79.5 cm³/mol. The number of rotatable bonds is 2. The van der Waals surface area contributed by atoms with Crippen LogP contribution >= 0.6 is 0 Å². The molecular formula is C16H18N2O. The van der Waals surface area contributed by atoms with Crippen molar-refractivity contribution in [3.05, 3.63) is 59.2 Å². The minimum absolute atomic E-state index is 0.0546. The lowest BCUT2D eigenvalue weighted by molar-refractivity contribution is 0.0993. The summed E-state index contributed by atoms with van der Waals surface area (Å²) in [6.45, 7) is 3.94. The van der Waals surface area contributed by atoms with E-state index in [1.807, 2.05) is 50.2 Å². The molecule has 0 saturated carbocycles. The van der Waals surface area contributed by atoms with E-state index >= 15 is 0 Å². The Morgan fingerprint density at radius 3 is 2.42 bits per heavy atom. The zero-order valence-electron chi connectivity index (χ0n) is 11.5. The van der Waals surface area contributed by atoms with E-state index in [0.29, 0.717) is 11.3 Å². The fourth-order valence-corrected chi connectivity index (χ4v) is 2.08. The Bertz CT molecular complexity index is 600. The second-order valence-electron chi connectivity index (χ2n) is 4.84. The summed E-state index contributed by atoms with van der Waals surface area (Å²) < 4.78 is 0. The SMILES string of the molecule is Cc1cc(N)cc(C(=O)N(C)c2cccc(C)c2)c1. The number of carbonyl (C=O) groups is 1. The smallest absolute Gasteiger partial charge is 0.258 e. The Kier molecular flexibility index (Phi) is 3.56. The molecule has 1 amide bonds. The van der Waals surface area contributed by atoms with Gasteiger partial charge in [-0.1, -0.05) is 12.1 Å². The van der Waals surface area contributed by atoms with Crippen LogP contribution in [0.4, 0.5) is 11.4 Å². The van der Waals surface area contributed by atoms with Gasteiger partial charge in [-0.3, -0.25) is 4.79 Å². The predicted octanol–water partition coefficient (Wildman–Crippen LogP) is 3.16. The van der Waals surface area contributed by atoms with Crippen LogP contribution in [0.15, 0.2) is 42.5 Å². The highest BCUT2D eigenvalue weighted by Crippen LogP contribution is 2.19. The quantitative estimate of drug-likeness (QED) is 0.837. The molecule has 0 aliphatic heterocycles. The summed E-state index contributed by atoms with van der Waals surface area (Å²) in [6, 6.07) is 13.3. The first-order valence-electron chi connectivity index (χ1n) is 6.19. The average molecular weight is 254 g/mol. The summed E-state index contributed by atoms with van der Waals surface area (Å²) in [5.74, 6) is -0.0546. The topological polar surface area (TPSA) is 46.3 Å². The van der Waals surface area contributed by atoms with E-state index < -0.39 is 0 Å². The summed E-state index contributed by atoms with van der Waals surface area (Å²) in [7, 11) is 1.77. The number of hydrogen-bond acceptors (Lipinski definition) is 2. The normalized spacial score (nSPS) is 10.3. The van der Waals surface area contributed by atoms with Gasteiger partial charge in [0.2, 0.25) is 0 Å². The molecule has 2 N–H and O–H groups in total. The molecule has 2 aromatic rings. The number of hydrogen-bond donors (Lipinski definition) is 1. The number of nitrogens with zero attached hydrogens (tertiary/aromatic N) is 1. The molecule has 2 aromatic carbocycles. The molecule has 0 spiro atoms. The molecule has 0 bridgehead atoms. The standard InChI is InChI=1S/C16H18N2O/c1-11-5-4-6-15(9-11)18(3)16(19)13-7-12(2)8-14(17)10-13/h4-10H,17H2,1-3H3. The third kappa shape index (κ3) is 2.94. The van der Waals surface area contributed by atoms with Gasteiger partial charge in [0.25, 0.3) is 5.91 Å². The van der Waals surface area contributed by atoms with Crippen LogP contribution < -0.4 is 10.6 Å². The van der Waals surface area contributed by atoms with Crippen LogP contribution in [0.2, 0.25) is 0 Å². The number of carbonyl (C=O) groups excluding carboxylic acids is 1. The van der Waals surface area contributed by atoms with Crippen LogP contribution in [0.3, 0.4) is 0 Å². The van der Waals surface area contributed by atoms with Gasteiger partial charge < -0.3 is 10.6 Å². The maximum atomic E-state index is 12.4. The Balaban J connectivity index is 2.33. The van der Waals surface area contributed by atoms with E-state index in [9.17, 15) is 4.79 Å². The zero-order chi connectivity index (χ0) is 14.0. The van der Waals surface area contributed by atoms with Gasteiger partial charge in [0.1, 0.15) is 0 Å². The highest BCUT2D eigenvalue weighted by atomic mass is 16.2. The second-order valence-corrected chi connectivity index (χ2v) is 4.84. The summed E-state index contributed by atoms with van der Waals surface area (Å²) in [5, 5.41) is 0. The van der Waals surface area contributed by atoms with Gasteiger partial charge in [-0.25, -0.2) is 0 Å². The number of benzene rings is 2. The van der Waals surface area contributed by atoms with Crippen molar-refractivity contribution in [2.24, 2.45) is 0 Å². The highest BCUT2D eigenvalue weighted by molar-refractivity contribution is 6.06. The Hall–Kier alpha value is -2.29. The van der Waals surface area contributed by atoms with Gasteiger partial charge in [0, 0.05) is 24.0 Å². The first kappa shape index (κ1) is 13.1. The molecule has 0 heterocycles. The van der Waals surface area contributed by atoms with Gasteiger partial charge >= 0.3 is 0 Å². The van der Waals surface area contributed by atoms with Crippen molar-refractivity contribution >= 4 is 17.3 Å². The number of aryl methyl sites for hydroxylation is 2. The van der Waals surface area contributed by atoms with Crippen molar-refractivity contribution in [3.8, 4) is 0 Å². The van der Waals surface area contributed by atoms with Crippen molar-refractivity contribution in [2.75, 3.05) is 17.7 Å². The van der Waals surface area contributed by atoms with Crippen molar-refractivity contribution in [3.63, 3.8) is 0 Å². The van der Waals surface area contributed by atoms with Gasteiger partial charge in [-0.05, 0) is 55.3 Å². The minimum atomic E-state index is -0.0546. The van der Waals surface area contributed by atoms with Crippen molar-refractivity contribution < 1.29 is 4.79 Å². The largest absolute Gasteiger partial charge is 0.399 e. The Labute approximate surface area is 113 Å². The van der Waals surface area contributed by atoms with E-state index in [0.717, 1.165) is 16.8 Å². The molecule has 3 heteroatoms. The summed E-state index contributed by atoms with van der Waals surface area (Å²) in [6.07, 6.45) is 0. The number of nitrogens with two attached hydrogens (primary N) is 1. The van der Waals surface area contributed by atoms with Gasteiger partial charge in [-0.15, -0.1) is 0 Å². The summed E-state index contributed by atoms with van der Waals surface area (Å²) in [4.78, 5) is 14.1. The Morgan fingerprint density at radius 2 is 1.79 bits per heavy atom. The van der Waals surface area contributed by atoms with Crippen LogP contribution in [0, 0.1) is 13.8 Å². The van der Waals surface area contributed by atoms with E-state index in [-0.39, 0.29) is 5.91 Å². The van der Waals surface area contributed by atoms with Crippen molar-refractivity contribution in [1.29, 1.82) is 0 Å². The van der Waals surface area contributed by atoms with Gasteiger partial charge in [0.05, 0.1) is 0 Å². The molecule has 0 saturated heterocycles. The van der Waals surface area contributed by atoms with E-state index in [2.05, 4.69) is 0 Å². The number of amides is 1. The third-order valence-corrected chi connectivity index (χ3v) is 3.04. The molecule has 0 atom stereocenters. The molecule has 2 rings (SSSR count). The summed E-state index contributed by atoms with van der Waals surface area (Å²) >= 11 is 0. The molecule has 3 nitrogen and oxygen atoms in total. The zero-order valence-corrected chi connectivity index (χ0v) is 11.5. The van der Waals surface area contributed by atoms with Gasteiger partial charge in [0.15, 0.2) is 0 Å².